The van der Waals surface area contributed by atoms with Gasteiger partial charge in [-0.3, -0.25) is 18.6 Å². The normalized spacial score (nSPS) is 14.0. The molecule has 0 aliphatic rings. The quantitative estimate of drug-likeness (QED) is 0.0213. The molecule has 0 bridgehead atoms. The number of phosphoric acid groups is 1. The van der Waals surface area contributed by atoms with E-state index in [4.69, 9.17) is 18.5 Å². The lowest BCUT2D eigenvalue weighted by Gasteiger charge is -2.24. The van der Waals surface area contributed by atoms with E-state index in [9.17, 15) is 19.0 Å². The number of phosphoric ester groups is 1. The van der Waals surface area contributed by atoms with Crippen molar-refractivity contribution in [1.29, 1.82) is 0 Å². The van der Waals surface area contributed by atoms with Crippen molar-refractivity contribution in [3.63, 3.8) is 0 Å². The molecular weight excluding hydrogens is 750 g/mol. The van der Waals surface area contributed by atoms with E-state index in [0.29, 0.717) is 23.9 Å². The molecule has 58 heavy (non-hydrogen) atoms. The Bertz CT molecular complexity index is 1130. The molecule has 0 aromatic rings. The first kappa shape index (κ1) is 56.0. The van der Waals surface area contributed by atoms with E-state index in [1.807, 2.05) is 21.1 Å². The summed E-state index contributed by atoms with van der Waals surface area (Å²) in [5.74, 6) is -0.860. The van der Waals surface area contributed by atoms with Crippen LogP contribution in [0.4, 0.5) is 0 Å². The van der Waals surface area contributed by atoms with Gasteiger partial charge in [0.05, 0.1) is 27.7 Å². The second-order valence-electron chi connectivity index (χ2n) is 16.8. The number of rotatable bonds is 42. The highest BCUT2D eigenvalue weighted by Gasteiger charge is 2.27. The van der Waals surface area contributed by atoms with Crippen molar-refractivity contribution in [3.05, 3.63) is 48.6 Å². The lowest BCUT2D eigenvalue weighted by molar-refractivity contribution is -0.870. The van der Waals surface area contributed by atoms with Crippen molar-refractivity contribution in [3.8, 4) is 0 Å². The van der Waals surface area contributed by atoms with E-state index in [1.165, 1.54) is 103 Å². The summed E-state index contributed by atoms with van der Waals surface area (Å²) in [4.78, 5) is 35.4. The minimum absolute atomic E-state index is 0.0228. The van der Waals surface area contributed by atoms with Crippen molar-refractivity contribution >= 4 is 19.8 Å². The maximum Gasteiger partial charge on any atom is 0.472 e. The van der Waals surface area contributed by atoms with Crippen LogP contribution < -0.4 is 0 Å². The van der Waals surface area contributed by atoms with Gasteiger partial charge in [-0.2, -0.15) is 0 Å². The average Bonchev–Trinajstić information content (AvgIpc) is 3.17. The van der Waals surface area contributed by atoms with Crippen molar-refractivity contribution in [2.45, 2.75) is 200 Å². The molecule has 0 heterocycles. The number of allylic oxidation sites excluding steroid dienone is 8. The Hall–Kier alpha value is -2.03. The molecule has 1 unspecified atom stereocenters. The van der Waals surface area contributed by atoms with Crippen LogP contribution in [-0.2, 0) is 32.7 Å². The van der Waals surface area contributed by atoms with Gasteiger partial charge in [0.15, 0.2) is 6.10 Å². The third kappa shape index (κ3) is 43.5. The monoisotopic (exact) mass is 839 g/mol. The SMILES string of the molecule is CCCCC/C=C/C/C=C/CCCCCCCCCC(=O)O[C@H](COC(=O)CCC/C=C/C/C=C/CCCCCCCCCCC)COP(=O)(O)OCC[N+](C)(C)C. The highest BCUT2D eigenvalue weighted by Crippen LogP contribution is 2.43. The zero-order valence-corrected chi connectivity index (χ0v) is 38.9. The van der Waals surface area contributed by atoms with Crippen LogP contribution in [0.3, 0.4) is 0 Å². The minimum atomic E-state index is -4.39. The summed E-state index contributed by atoms with van der Waals surface area (Å²) in [6.07, 6.45) is 47.3. The van der Waals surface area contributed by atoms with Crippen LogP contribution >= 0.6 is 7.82 Å². The lowest BCUT2D eigenvalue weighted by atomic mass is 10.1. The Kier molecular flexibility index (Phi) is 39.0. The van der Waals surface area contributed by atoms with E-state index in [1.54, 1.807) is 0 Å². The maximum absolute atomic E-state index is 12.7. The first-order valence-electron chi connectivity index (χ1n) is 23.4. The standard InChI is InChI=1S/C48H88NO8P/c1-6-8-10-12-14-16-18-20-22-24-26-28-30-32-34-36-38-40-47(50)54-44-46(45-56-58(52,53)55-43-42-49(3,4)5)57-48(51)41-39-37-35-33-31-29-27-25-23-21-19-17-15-13-11-9-7-2/h15,17,21,23,26,28,32,34,46H,6-14,16,18-20,22,24-25,27,29-31,33,35-45H2,1-5H3/p+1/b17-15+,23-21+,28-26+,34-32+/t46-/m1/s1. The topological polar surface area (TPSA) is 108 Å². The Morgan fingerprint density at radius 1 is 0.534 bits per heavy atom. The number of unbranched alkanes of at least 4 members (excludes halogenated alkanes) is 20. The third-order valence-corrected chi connectivity index (χ3v) is 10.8. The summed E-state index contributed by atoms with van der Waals surface area (Å²) in [5.41, 5.74) is 0. The molecule has 10 heteroatoms. The highest BCUT2D eigenvalue weighted by atomic mass is 31.2. The number of nitrogens with zero attached hydrogens (tertiary/aromatic N) is 1. The van der Waals surface area contributed by atoms with Crippen molar-refractivity contribution in [1.82, 2.24) is 0 Å². The number of esters is 2. The fourth-order valence-electron chi connectivity index (χ4n) is 6.14. The number of quaternary nitrogens is 1. The van der Waals surface area contributed by atoms with E-state index in [-0.39, 0.29) is 26.1 Å². The summed E-state index contributed by atoms with van der Waals surface area (Å²) < 4.78 is 34.3. The van der Waals surface area contributed by atoms with Crippen LogP contribution in [0, 0.1) is 0 Å². The predicted octanol–water partition coefficient (Wildman–Crippen LogP) is 13.5. The van der Waals surface area contributed by atoms with Crippen molar-refractivity contribution in [2.75, 3.05) is 47.5 Å². The van der Waals surface area contributed by atoms with Gasteiger partial charge >= 0.3 is 19.8 Å². The lowest BCUT2D eigenvalue weighted by Crippen LogP contribution is -2.37. The smallest absolute Gasteiger partial charge is 0.462 e. The summed E-state index contributed by atoms with van der Waals surface area (Å²) in [6.45, 7) is 4.34. The third-order valence-electron chi connectivity index (χ3n) is 9.83. The van der Waals surface area contributed by atoms with Crippen LogP contribution in [0.2, 0.25) is 0 Å². The number of carbonyl (C=O) groups excluding carboxylic acids is 2. The molecule has 0 spiro atoms. The fraction of sp³-hybridized carbons (Fsp3) is 0.792. The number of carbonyl (C=O) groups is 2. The van der Waals surface area contributed by atoms with Crippen LogP contribution in [0.5, 0.6) is 0 Å². The molecule has 0 amide bonds. The number of likely N-dealkylation sites (N-methyl/N-ethyl adjacent to an activating group) is 1. The molecule has 0 aliphatic carbocycles. The van der Waals surface area contributed by atoms with Gasteiger partial charge in [0, 0.05) is 12.8 Å². The first-order chi connectivity index (χ1) is 28.0. The van der Waals surface area contributed by atoms with Gasteiger partial charge in [-0.25, -0.2) is 4.57 Å². The van der Waals surface area contributed by atoms with Crippen molar-refractivity contribution < 1.29 is 42.1 Å². The van der Waals surface area contributed by atoms with Gasteiger partial charge < -0.3 is 18.9 Å². The maximum atomic E-state index is 12.7. The van der Waals surface area contributed by atoms with E-state index in [2.05, 4.69) is 62.5 Å². The molecule has 9 nitrogen and oxygen atoms in total. The second kappa shape index (κ2) is 40.4. The molecule has 0 aromatic carbocycles. The Labute approximate surface area is 356 Å². The van der Waals surface area contributed by atoms with Crippen LogP contribution in [0.1, 0.15) is 194 Å². The van der Waals surface area contributed by atoms with Gasteiger partial charge in [-0.1, -0.05) is 159 Å². The van der Waals surface area contributed by atoms with Gasteiger partial charge in [0.25, 0.3) is 0 Å². The molecule has 0 saturated heterocycles. The minimum Gasteiger partial charge on any atom is -0.462 e. The first-order valence-corrected chi connectivity index (χ1v) is 24.9. The molecule has 338 valence electrons. The summed E-state index contributed by atoms with van der Waals surface area (Å²) in [7, 11) is 1.45. The highest BCUT2D eigenvalue weighted by molar-refractivity contribution is 7.47. The molecule has 0 saturated carbocycles. The molecule has 0 aliphatic heterocycles. The zero-order chi connectivity index (χ0) is 42.8. The average molecular weight is 839 g/mol. The fourth-order valence-corrected chi connectivity index (χ4v) is 6.88. The van der Waals surface area contributed by atoms with E-state index in [0.717, 1.165) is 51.4 Å². The molecule has 2 atom stereocenters. The Balaban J connectivity index is 4.40. The van der Waals surface area contributed by atoms with E-state index >= 15 is 0 Å². The number of hydrogen-bond donors (Lipinski definition) is 1. The van der Waals surface area contributed by atoms with E-state index < -0.39 is 32.5 Å². The van der Waals surface area contributed by atoms with Crippen LogP contribution in [-0.4, -0.2) is 74.9 Å². The molecule has 1 N–H and O–H groups in total. The molecule has 0 fully saturated rings. The largest absolute Gasteiger partial charge is 0.472 e. The van der Waals surface area contributed by atoms with Crippen molar-refractivity contribution in [2.24, 2.45) is 0 Å². The number of ether oxygens (including phenoxy) is 2. The zero-order valence-electron chi connectivity index (χ0n) is 38.0. The summed E-state index contributed by atoms with van der Waals surface area (Å²) in [5, 5.41) is 0. The Morgan fingerprint density at radius 3 is 1.45 bits per heavy atom. The molecular formula is C48H89NO8P+. The number of hydrogen-bond acceptors (Lipinski definition) is 7. The van der Waals surface area contributed by atoms with Crippen LogP contribution in [0.15, 0.2) is 48.6 Å². The van der Waals surface area contributed by atoms with Gasteiger partial charge in [0.1, 0.15) is 19.8 Å². The second-order valence-corrected chi connectivity index (χ2v) is 18.2. The van der Waals surface area contributed by atoms with Gasteiger partial charge in [-0.15, -0.1) is 0 Å². The van der Waals surface area contributed by atoms with Gasteiger partial charge in [0.2, 0.25) is 0 Å². The Morgan fingerprint density at radius 2 is 0.948 bits per heavy atom. The summed E-state index contributed by atoms with van der Waals surface area (Å²) >= 11 is 0. The predicted molar refractivity (Wildman–Crippen MR) is 243 cm³/mol. The molecule has 0 aromatic heterocycles. The molecule has 0 radical (unpaired) electrons. The van der Waals surface area contributed by atoms with Crippen LogP contribution in [0.25, 0.3) is 0 Å². The van der Waals surface area contributed by atoms with Gasteiger partial charge in [-0.05, 0) is 70.6 Å². The molecule has 0 rings (SSSR count). The summed E-state index contributed by atoms with van der Waals surface area (Å²) in [6, 6.07) is 0.